The Bertz CT molecular complexity index is 1390. The molecule has 0 saturated carbocycles. The van der Waals surface area contributed by atoms with E-state index < -0.39 is 18.2 Å². The summed E-state index contributed by atoms with van der Waals surface area (Å²) in [5.41, 5.74) is 2.74. The van der Waals surface area contributed by atoms with Crippen LogP contribution in [0.2, 0.25) is 0 Å². The quantitative estimate of drug-likeness (QED) is 0.327. The lowest BCUT2D eigenvalue weighted by Crippen LogP contribution is -2.48. The Hall–Kier alpha value is -4.58. The number of likely N-dealkylation sites (N-methyl/N-ethyl adjacent to an activating group) is 1. The third-order valence-corrected chi connectivity index (χ3v) is 7.27. The van der Waals surface area contributed by atoms with E-state index in [0.717, 1.165) is 0 Å². The normalized spacial score (nSPS) is 17.6. The zero-order valence-electron chi connectivity index (χ0n) is 24.5. The van der Waals surface area contributed by atoms with Crippen molar-refractivity contribution in [2.45, 2.75) is 46.3 Å². The van der Waals surface area contributed by atoms with Gasteiger partial charge >= 0.3 is 12.1 Å². The number of anilines is 3. The molecule has 0 saturated heterocycles. The Balaban J connectivity index is 1.56. The van der Waals surface area contributed by atoms with Crippen LogP contribution in [0.15, 0.2) is 53.1 Å². The zero-order chi connectivity index (χ0) is 30.4. The SMILES string of the molecule is Cc1noc(C)c1NC(=O)Nc1ccc2c(c1)CC(=O)N([C@@H](C)CO)C[C@H](C)[C@H](CN(C)C(=O)Nc1ccccc1)O2. The molecule has 12 heteroatoms. The number of benzene rings is 2. The second-order valence-electron chi connectivity index (χ2n) is 10.7. The molecule has 4 rings (SSSR count). The standard InChI is InChI=1S/C30H38N6O6/c1-18-15-36(19(2)17-37)27(38)14-22-13-24(31-29(39)33-28-20(3)34-42-21(28)4)11-12-25(22)41-26(18)16-35(5)30(40)32-23-9-7-6-8-10-23/h6-13,18-19,26,37H,14-17H2,1-5H3,(H,32,40)(H2,31,33,39)/t18-,19-,26-/m0/s1. The van der Waals surface area contributed by atoms with Crippen LogP contribution in [-0.4, -0.2) is 76.9 Å². The minimum Gasteiger partial charge on any atom is -0.488 e. The average Bonchev–Trinajstić information content (AvgIpc) is 3.29. The Labute approximate surface area is 245 Å². The maximum atomic E-state index is 13.5. The molecule has 1 aliphatic rings. The van der Waals surface area contributed by atoms with Crippen molar-refractivity contribution in [2.24, 2.45) is 5.92 Å². The molecule has 3 atom stereocenters. The van der Waals surface area contributed by atoms with E-state index in [1.165, 1.54) is 0 Å². The van der Waals surface area contributed by atoms with Crippen LogP contribution in [0.3, 0.4) is 0 Å². The molecule has 0 unspecified atom stereocenters. The number of aliphatic hydroxyl groups excluding tert-OH is 1. The van der Waals surface area contributed by atoms with Gasteiger partial charge in [-0.15, -0.1) is 0 Å². The van der Waals surface area contributed by atoms with Crippen LogP contribution in [0, 0.1) is 19.8 Å². The highest BCUT2D eigenvalue weighted by atomic mass is 16.5. The summed E-state index contributed by atoms with van der Waals surface area (Å²) in [6, 6.07) is 13.1. The first kappa shape index (κ1) is 30.4. The molecule has 0 spiro atoms. The van der Waals surface area contributed by atoms with Crippen molar-refractivity contribution in [3.63, 3.8) is 0 Å². The summed E-state index contributed by atoms with van der Waals surface area (Å²) in [7, 11) is 1.69. The summed E-state index contributed by atoms with van der Waals surface area (Å²) in [6.45, 7) is 7.55. The average molecular weight is 579 g/mol. The fourth-order valence-corrected chi connectivity index (χ4v) is 4.76. The number of hydrogen-bond donors (Lipinski definition) is 4. The van der Waals surface area contributed by atoms with Crippen molar-refractivity contribution < 1.29 is 28.8 Å². The lowest BCUT2D eigenvalue weighted by atomic mass is 10.0. The summed E-state index contributed by atoms with van der Waals surface area (Å²) in [4.78, 5) is 42.3. The molecule has 0 fully saturated rings. The van der Waals surface area contributed by atoms with Crippen LogP contribution in [0.5, 0.6) is 5.75 Å². The number of para-hydroxylation sites is 1. The van der Waals surface area contributed by atoms with Crippen LogP contribution >= 0.6 is 0 Å². The van der Waals surface area contributed by atoms with Gasteiger partial charge in [0.1, 0.15) is 23.2 Å². The molecule has 12 nitrogen and oxygen atoms in total. The maximum absolute atomic E-state index is 13.5. The third-order valence-electron chi connectivity index (χ3n) is 7.27. The van der Waals surface area contributed by atoms with Gasteiger partial charge in [-0.05, 0) is 51.1 Å². The number of hydrogen-bond acceptors (Lipinski definition) is 7. The molecule has 5 amide bonds. The number of ether oxygens (including phenoxy) is 1. The van der Waals surface area contributed by atoms with Crippen molar-refractivity contribution in [1.29, 1.82) is 0 Å². The van der Waals surface area contributed by atoms with E-state index in [4.69, 9.17) is 9.26 Å². The summed E-state index contributed by atoms with van der Waals surface area (Å²) < 4.78 is 11.6. The number of amides is 5. The summed E-state index contributed by atoms with van der Waals surface area (Å²) in [5.74, 6) is 0.602. The number of rotatable bonds is 7. The topological polar surface area (TPSA) is 149 Å². The monoisotopic (exact) mass is 578 g/mol. The highest BCUT2D eigenvalue weighted by Crippen LogP contribution is 2.29. The van der Waals surface area contributed by atoms with E-state index in [2.05, 4.69) is 21.1 Å². The first-order chi connectivity index (χ1) is 20.0. The van der Waals surface area contributed by atoms with Crippen molar-refractivity contribution in [1.82, 2.24) is 15.0 Å². The second kappa shape index (κ2) is 13.4. The third kappa shape index (κ3) is 7.38. The van der Waals surface area contributed by atoms with Gasteiger partial charge in [-0.3, -0.25) is 4.79 Å². The predicted octanol–water partition coefficient (Wildman–Crippen LogP) is 4.25. The first-order valence-corrected chi connectivity index (χ1v) is 13.8. The van der Waals surface area contributed by atoms with E-state index in [1.54, 1.807) is 68.0 Å². The maximum Gasteiger partial charge on any atom is 0.323 e. The number of aryl methyl sites for hydroxylation is 2. The van der Waals surface area contributed by atoms with Crippen molar-refractivity contribution in [3.8, 4) is 5.75 Å². The first-order valence-electron chi connectivity index (χ1n) is 13.8. The molecule has 4 N–H and O–H groups in total. The highest BCUT2D eigenvalue weighted by molar-refractivity contribution is 6.00. The Morgan fingerprint density at radius 2 is 1.86 bits per heavy atom. The summed E-state index contributed by atoms with van der Waals surface area (Å²) in [5, 5.41) is 22.1. The van der Waals surface area contributed by atoms with E-state index in [-0.39, 0.29) is 37.4 Å². The number of nitrogens with zero attached hydrogens (tertiary/aromatic N) is 3. The van der Waals surface area contributed by atoms with Crippen molar-refractivity contribution >= 4 is 35.0 Å². The molecule has 2 aromatic carbocycles. The molecule has 2 heterocycles. The van der Waals surface area contributed by atoms with Crippen LogP contribution in [0.1, 0.15) is 30.9 Å². The molecular weight excluding hydrogens is 540 g/mol. The molecule has 224 valence electrons. The van der Waals surface area contributed by atoms with Gasteiger partial charge < -0.3 is 40.1 Å². The van der Waals surface area contributed by atoms with E-state index in [9.17, 15) is 19.5 Å². The molecule has 42 heavy (non-hydrogen) atoms. The largest absolute Gasteiger partial charge is 0.488 e. The van der Waals surface area contributed by atoms with Crippen molar-refractivity contribution in [3.05, 3.63) is 65.5 Å². The van der Waals surface area contributed by atoms with E-state index in [1.807, 2.05) is 25.1 Å². The smallest absolute Gasteiger partial charge is 0.323 e. The molecule has 0 bridgehead atoms. The highest BCUT2D eigenvalue weighted by Gasteiger charge is 2.32. The van der Waals surface area contributed by atoms with Crippen LogP contribution in [-0.2, 0) is 11.2 Å². The molecule has 0 aliphatic carbocycles. The number of aliphatic hydroxyl groups is 1. The van der Waals surface area contributed by atoms with Crippen LogP contribution < -0.4 is 20.7 Å². The molecule has 3 aromatic rings. The number of fused-ring (bicyclic) bond motifs is 1. The van der Waals surface area contributed by atoms with Crippen molar-refractivity contribution in [2.75, 3.05) is 42.7 Å². The van der Waals surface area contributed by atoms with E-state index in [0.29, 0.717) is 46.4 Å². The second-order valence-corrected chi connectivity index (χ2v) is 10.7. The van der Waals surface area contributed by atoms with Gasteiger partial charge in [0, 0.05) is 36.4 Å². The molecule has 0 radical (unpaired) electrons. The molecule has 1 aromatic heterocycles. The fourth-order valence-electron chi connectivity index (χ4n) is 4.76. The fraction of sp³-hybridized carbons (Fsp3) is 0.400. The molecular formula is C30H38N6O6. The number of urea groups is 2. The van der Waals surface area contributed by atoms with Gasteiger partial charge in [-0.1, -0.05) is 30.3 Å². The minimum atomic E-state index is -0.493. The number of carbonyl (C=O) groups excluding carboxylic acids is 3. The number of nitrogens with one attached hydrogen (secondary N) is 3. The van der Waals surface area contributed by atoms with Crippen LogP contribution in [0.25, 0.3) is 0 Å². The Kier molecular flexibility index (Phi) is 9.68. The van der Waals surface area contributed by atoms with Gasteiger partial charge in [0.25, 0.3) is 0 Å². The minimum absolute atomic E-state index is 0.00442. The zero-order valence-corrected chi connectivity index (χ0v) is 24.5. The van der Waals surface area contributed by atoms with Gasteiger partial charge in [-0.25, -0.2) is 9.59 Å². The lowest BCUT2D eigenvalue weighted by Gasteiger charge is -2.34. The predicted molar refractivity (Wildman–Crippen MR) is 159 cm³/mol. The van der Waals surface area contributed by atoms with Gasteiger partial charge in [-0.2, -0.15) is 0 Å². The van der Waals surface area contributed by atoms with Crippen LogP contribution in [0.4, 0.5) is 26.7 Å². The lowest BCUT2D eigenvalue weighted by molar-refractivity contribution is -0.134. The van der Waals surface area contributed by atoms with E-state index >= 15 is 0 Å². The number of aromatic nitrogens is 1. The Morgan fingerprint density at radius 3 is 2.52 bits per heavy atom. The molecule has 1 aliphatic heterocycles. The summed E-state index contributed by atoms with van der Waals surface area (Å²) in [6.07, 6.45) is -0.471. The van der Waals surface area contributed by atoms with Gasteiger partial charge in [0.2, 0.25) is 5.91 Å². The number of carbonyl (C=O) groups is 3. The Morgan fingerprint density at radius 1 is 1.12 bits per heavy atom. The van der Waals surface area contributed by atoms with Gasteiger partial charge in [0.15, 0.2) is 5.76 Å². The summed E-state index contributed by atoms with van der Waals surface area (Å²) >= 11 is 0. The van der Waals surface area contributed by atoms with Gasteiger partial charge in [0.05, 0.1) is 25.6 Å².